The predicted molar refractivity (Wildman–Crippen MR) is 105 cm³/mol. The van der Waals surface area contributed by atoms with Crippen LogP contribution in [0.1, 0.15) is 79.0 Å². The normalized spacial score (nSPS) is 14.8. The highest BCUT2D eigenvalue weighted by molar-refractivity contribution is 7.54. The summed E-state index contributed by atoms with van der Waals surface area (Å²) < 4.78 is 10.4. The van der Waals surface area contributed by atoms with Crippen molar-refractivity contribution >= 4 is 17.2 Å². The first-order chi connectivity index (χ1) is 11.0. The van der Waals surface area contributed by atoms with E-state index in [0.29, 0.717) is 5.75 Å². The summed E-state index contributed by atoms with van der Waals surface area (Å²) in [6.45, 7) is 19.0. The molecule has 1 aromatic carbocycles. The second-order valence-corrected chi connectivity index (χ2v) is 11.1. The van der Waals surface area contributed by atoms with Gasteiger partial charge in [-0.3, -0.25) is 0 Å². The van der Waals surface area contributed by atoms with Crippen LogP contribution in [-0.4, -0.2) is 14.7 Å². The highest BCUT2D eigenvalue weighted by atomic mass is 31.2. The summed E-state index contributed by atoms with van der Waals surface area (Å²) in [5, 5.41) is 0. The molecule has 0 fully saturated rings. The molecule has 0 aliphatic rings. The van der Waals surface area contributed by atoms with Crippen molar-refractivity contribution in [1.29, 1.82) is 0 Å². The zero-order valence-electron chi connectivity index (χ0n) is 16.7. The molecule has 0 spiro atoms. The second kappa shape index (κ2) is 7.76. The van der Waals surface area contributed by atoms with Crippen LogP contribution in [0.5, 0.6) is 5.75 Å². The van der Waals surface area contributed by atoms with Gasteiger partial charge in [-0.25, -0.2) is 4.31 Å². The van der Waals surface area contributed by atoms with Crippen LogP contribution in [0, 0.1) is 0 Å². The second-order valence-electron chi connectivity index (χ2n) is 9.31. The maximum absolute atomic E-state index is 10.00. The van der Waals surface area contributed by atoms with E-state index in [-0.39, 0.29) is 16.2 Å². The van der Waals surface area contributed by atoms with Gasteiger partial charge in [0.05, 0.1) is 0 Å². The molecule has 1 atom stereocenters. The van der Waals surface area contributed by atoms with Crippen LogP contribution in [0.3, 0.4) is 0 Å². The Balaban J connectivity index is 3.65. The summed E-state index contributed by atoms with van der Waals surface area (Å²) >= 11 is 0. The van der Waals surface area contributed by atoms with Crippen molar-refractivity contribution in [3.63, 3.8) is 0 Å². The average Bonchev–Trinajstić information content (AvgIpc) is 2.33. The van der Waals surface area contributed by atoms with Gasteiger partial charge in [-0.2, -0.15) is 0 Å². The number of hydrogen-bond donors (Lipinski definition) is 3. The molecule has 0 saturated carbocycles. The summed E-state index contributed by atoms with van der Waals surface area (Å²) in [7, 11) is -5.11. The van der Waals surface area contributed by atoms with Gasteiger partial charge in [-0.1, -0.05) is 74.4 Å². The van der Waals surface area contributed by atoms with Gasteiger partial charge in [0.25, 0.3) is 0 Å². The van der Waals surface area contributed by atoms with Crippen molar-refractivity contribution < 1.29 is 23.5 Å². The minimum Gasteiger partial charge on any atom is -0.426 e. The van der Waals surface area contributed by atoms with Gasteiger partial charge in [-0.15, -0.1) is 0 Å². The molecule has 1 aromatic rings. The Hall–Kier alpha value is -0.280. The fourth-order valence-electron chi connectivity index (χ4n) is 2.43. The Morgan fingerprint density at radius 3 is 1.40 bits per heavy atom. The van der Waals surface area contributed by atoms with Gasteiger partial charge < -0.3 is 19.2 Å². The Morgan fingerprint density at radius 2 is 1.12 bits per heavy atom. The van der Waals surface area contributed by atoms with E-state index < -0.39 is 17.2 Å². The Labute approximate surface area is 154 Å². The standard InChI is InChI=1S/C18H32O5P2/c1-16(2,3)12-10-13(17(4,5)6)15(14(11-12)18(7,8)9)22-25(21)23-24(19)20/h10-11,19-21H,1-9H3. The van der Waals surface area contributed by atoms with Gasteiger partial charge in [0, 0.05) is 11.1 Å². The number of benzene rings is 1. The Morgan fingerprint density at radius 1 is 0.720 bits per heavy atom. The van der Waals surface area contributed by atoms with E-state index in [0.717, 1.165) is 11.1 Å². The van der Waals surface area contributed by atoms with Crippen molar-refractivity contribution in [2.75, 3.05) is 0 Å². The first-order valence-corrected chi connectivity index (χ1v) is 10.6. The van der Waals surface area contributed by atoms with Crippen molar-refractivity contribution in [3.05, 3.63) is 28.8 Å². The first-order valence-electron chi connectivity index (χ1n) is 8.26. The quantitative estimate of drug-likeness (QED) is 0.600. The molecule has 0 saturated heterocycles. The molecule has 0 aliphatic carbocycles. The highest BCUT2D eigenvalue weighted by Gasteiger charge is 2.32. The first kappa shape index (κ1) is 22.8. The minimum atomic E-state index is -2.68. The lowest BCUT2D eigenvalue weighted by molar-refractivity contribution is 0.324. The van der Waals surface area contributed by atoms with E-state index in [1.54, 1.807) is 0 Å². The Kier molecular flexibility index (Phi) is 7.07. The molecule has 0 radical (unpaired) electrons. The summed E-state index contributed by atoms with van der Waals surface area (Å²) in [4.78, 5) is 28.0. The molecule has 0 aromatic heterocycles. The largest absolute Gasteiger partial charge is 0.426 e. The van der Waals surface area contributed by atoms with Crippen LogP contribution in [0.4, 0.5) is 0 Å². The summed E-state index contributed by atoms with van der Waals surface area (Å²) in [5.41, 5.74) is 2.60. The lowest BCUT2D eigenvalue weighted by Gasteiger charge is -2.33. The van der Waals surface area contributed by atoms with Gasteiger partial charge in [0.2, 0.25) is 0 Å². The molecule has 7 heteroatoms. The maximum Gasteiger partial charge on any atom is 0.401 e. The average molecular weight is 390 g/mol. The maximum atomic E-state index is 10.00. The molecule has 1 rings (SSSR count). The van der Waals surface area contributed by atoms with Crippen LogP contribution in [-0.2, 0) is 20.6 Å². The lowest BCUT2D eigenvalue weighted by Crippen LogP contribution is -2.22. The lowest BCUT2D eigenvalue weighted by atomic mass is 9.75. The third-order valence-corrected chi connectivity index (χ3v) is 5.37. The summed E-state index contributed by atoms with van der Waals surface area (Å²) in [6, 6.07) is 4.21. The predicted octanol–water partition coefficient (Wildman–Crippen LogP) is 5.41. The molecule has 144 valence electrons. The number of rotatable bonds is 4. The molecule has 0 bridgehead atoms. The highest BCUT2D eigenvalue weighted by Crippen LogP contribution is 2.51. The summed E-state index contributed by atoms with van der Waals surface area (Å²) in [6.07, 6.45) is 0. The SMILES string of the molecule is CC(C)(C)c1cc(C(C)(C)C)c(OP(O)OP(O)O)c(C(C)(C)C)c1. The van der Waals surface area contributed by atoms with Gasteiger partial charge >= 0.3 is 17.2 Å². The van der Waals surface area contributed by atoms with E-state index in [9.17, 15) is 4.89 Å². The van der Waals surface area contributed by atoms with Crippen LogP contribution < -0.4 is 4.52 Å². The zero-order valence-corrected chi connectivity index (χ0v) is 18.5. The molecule has 5 nitrogen and oxygen atoms in total. The van der Waals surface area contributed by atoms with E-state index >= 15 is 0 Å². The summed E-state index contributed by atoms with van der Waals surface area (Å²) in [5.74, 6) is 0.554. The molecule has 1 unspecified atom stereocenters. The van der Waals surface area contributed by atoms with Crippen molar-refractivity contribution in [2.24, 2.45) is 0 Å². The molecular weight excluding hydrogens is 358 g/mol. The van der Waals surface area contributed by atoms with Gasteiger partial charge in [0.1, 0.15) is 5.75 Å². The van der Waals surface area contributed by atoms with E-state index in [4.69, 9.17) is 14.3 Å². The third kappa shape index (κ3) is 6.43. The zero-order chi connectivity index (χ0) is 19.8. The van der Waals surface area contributed by atoms with Crippen molar-refractivity contribution in [3.8, 4) is 5.75 Å². The number of hydrogen-bond acceptors (Lipinski definition) is 5. The van der Waals surface area contributed by atoms with Crippen molar-refractivity contribution in [1.82, 2.24) is 0 Å². The van der Waals surface area contributed by atoms with Crippen LogP contribution in [0.2, 0.25) is 0 Å². The van der Waals surface area contributed by atoms with E-state index in [1.807, 2.05) is 0 Å². The molecule has 0 aliphatic heterocycles. The van der Waals surface area contributed by atoms with Crippen LogP contribution in [0.25, 0.3) is 0 Å². The molecular formula is C18H32O5P2. The van der Waals surface area contributed by atoms with E-state index in [1.165, 1.54) is 5.56 Å². The molecule has 0 heterocycles. The van der Waals surface area contributed by atoms with Crippen LogP contribution >= 0.6 is 17.2 Å². The fraction of sp³-hybridized carbons (Fsp3) is 0.667. The van der Waals surface area contributed by atoms with Crippen LogP contribution in [0.15, 0.2) is 12.1 Å². The molecule has 0 amide bonds. The minimum absolute atomic E-state index is 0.0382. The van der Waals surface area contributed by atoms with Crippen molar-refractivity contribution in [2.45, 2.75) is 78.6 Å². The Bertz CT molecular complexity index is 560. The topological polar surface area (TPSA) is 79.2 Å². The van der Waals surface area contributed by atoms with Gasteiger partial charge in [0.15, 0.2) is 0 Å². The monoisotopic (exact) mass is 390 g/mol. The molecule has 25 heavy (non-hydrogen) atoms. The molecule has 3 N–H and O–H groups in total. The third-order valence-electron chi connectivity index (χ3n) is 3.88. The van der Waals surface area contributed by atoms with Gasteiger partial charge in [-0.05, 0) is 21.8 Å². The smallest absolute Gasteiger partial charge is 0.401 e. The fourth-order valence-corrected chi connectivity index (χ4v) is 3.42. The van der Waals surface area contributed by atoms with E-state index in [2.05, 4.69) is 78.8 Å².